The molecule has 9 heteroatoms. The van der Waals surface area contributed by atoms with Crippen molar-refractivity contribution >= 4 is 13.8 Å². The Labute approximate surface area is 338 Å². The van der Waals surface area contributed by atoms with Crippen LogP contribution in [0.2, 0.25) is 0 Å². The lowest BCUT2D eigenvalue weighted by molar-refractivity contribution is -0.154. The average Bonchev–Trinajstić information content (AvgIpc) is 3.17. The van der Waals surface area contributed by atoms with Gasteiger partial charge in [-0.05, 0) is 77.0 Å². The lowest BCUT2D eigenvalue weighted by Crippen LogP contribution is -2.28. The van der Waals surface area contributed by atoms with Gasteiger partial charge in [0.1, 0.15) is 6.10 Å². The molecule has 0 rings (SSSR count). The molecule has 55 heavy (non-hydrogen) atoms. The van der Waals surface area contributed by atoms with Crippen LogP contribution in [0.5, 0.6) is 0 Å². The van der Waals surface area contributed by atoms with E-state index in [9.17, 15) is 14.3 Å². The Hall–Kier alpha value is -1.80. The second kappa shape index (κ2) is 43.3. The molecule has 2 unspecified atom stereocenters. The van der Waals surface area contributed by atoms with E-state index in [1.807, 2.05) is 0 Å². The van der Waals surface area contributed by atoms with Gasteiger partial charge in [-0.25, -0.2) is 4.57 Å². The summed E-state index contributed by atoms with van der Waals surface area (Å²) in [6.07, 6.45) is 52.3. The van der Waals surface area contributed by atoms with Gasteiger partial charge in [0.05, 0.1) is 19.8 Å². The van der Waals surface area contributed by atoms with E-state index in [0.29, 0.717) is 13.0 Å². The standard InChI is InChI=1S/C46H84NO7P/c1-3-5-7-9-11-13-15-17-19-21-22-24-26-28-30-32-34-36-38-41-51-43-45(44-53-55(49,50)52-42-40-47)54-46(48)39-37-35-33-31-29-27-25-23-20-18-16-14-12-10-8-6-4-2/h6,8,12-15,18-21,45H,3-5,7,9-11,16-17,22-44,47H2,1-2H3,(H,49,50)/b8-6-,14-12-,15-13-,20-18-,21-19-. The van der Waals surface area contributed by atoms with Gasteiger partial charge in [-0.15, -0.1) is 0 Å². The number of allylic oxidation sites excluding steroid dienone is 10. The third-order valence-corrected chi connectivity index (χ3v) is 10.2. The van der Waals surface area contributed by atoms with Crippen LogP contribution in [0.25, 0.3) is 0 Å². The summed E-state index contributed by atoms with van der Waals surface area (Å²) in [7, 11) is -4.28. The summed E-state index contributed by atoms with van der Waals surface area (Å²) in [4.78, 5) is 22.5. The minimum absolute atomic E-state index is 0.0950. The van der Waals surface area contributed by atoms with Crippen LogP contribution in [0.1, 0.15) is 187 Å². The van der Waals surface area contributed by atoms with E-state index in [2.05, 4.69) is 74.6 Å². The van der Waals surface area contributed by atoms with Crippen LogP contribution in [0.15, 0.2) is 60.8 Å². The Balaban J connectivity index is 4.05. The van der Waals surface area contributed by atoms with Gasteiger partial charge in [0, 0.05) is 19.6 Å². The molecule has 0 radical (unpaired) electrons. The van der Waals surface area contributed by atoms with E-state index in [-0.39, 0.29) is 32.3 Å². The predicted octanol–water partition coefficient (Wildman–Crippen LogP) is 13.4. The second-order valence-corrected chi connectivity index (χ2v) is 16.0. The molecule has 0 fully saturated rings. The molecule has 8 nitrogen and oxygen atoms in total. The molecule has 0 aromatic heterocycles. The number of nitrogens with two attached hydrogens (primary N) is 1. The molecule has 0 aliphatic heterocycles. The van der Waals surface area contributed by atoms with Gasteiger partial charge >= 0.3 is 13.8 Å². The Bertz CT molecular complexity index is 1030. The zero-order chi connectivity index (χ0) is 40.2. The predicted molar refractivity (Wildman–Crippen MR) is 233 cm³/mol. The first-order chi connectivity index (χ1) is 26.9. The van der Waals surface area contributed by atoms with Crippen LogP contribution < -0.4 is 5.73 Å². The molecule has 0 heterocycles. The Morgan fingerprint density at radius 2 is 1.02 bits per heavy atom. The van der Waals surface area contributed by atoms with E-state index >= 15 is 0 Å². The quantitative estimate of drug-likeness (QED) is 0.0271. The topological polar surface area (TPSA) is 117 Å². The van der Waals surface area contributed by atoms with Gasteiger partial charge in [0.25, 0.3) is 0 Å². The van der Waals surface area contributed by atoms with E-state index in [4.69, 9.17) is 24.3 Å². The molecular formula is C46H84NO7P. The molecule has 320 valence electrons. The molecule has 3 N–H and O–H groups in total. The van der Waals surface area contributed by atoms with Crippen LogP contribution in [-0.4, -0.2) is 49.9 Å². The Morgan fingerprint density at radius 1 is 0.564 bits per heavy atom. The van der Waals surface area contributed by atoms with Gasteiger partial charge < -0.3 is 20.1 Å². The van der Waals surface area contributed by atoms with Gasteiger partial charge in [-0.1, -0.05) is 164 Å². The second-order valence-electron chi connectivity index (χ2n) is 14.5. The summed E-state index contributed by atoms with van der Waals surface area (Å²) in [5.74, 6) is -0.344. The monoisotopic (exact) mass is 794 g/mol. The van der Waals surface area contributed by atoms with Gasteiger partial charge in [-0.2, -0.15) is 0 Å². The zero-order valence-electron chi connectivity index (χ0n) is 35.4. The highest BCUT2D eigenvalue weighted by molar-refractivity contribution is 7.47. The van der Waals surface area contributed by atoms with Crippen LogP contribution in [0.4, 0.5) is 0 Å². The van der Waals surface area contributed by atoms with Crippen molar-refractivity contribution in [1.82, 2.24) is 0 Å². The highest BCUT2D eigenvalue weighted by Crippen LogP contribution is 2.43. The highest BCUT2D eigenvalue weighted by Gasteiger charge is 2.25. The van der Waals surface area contributed by atoms with Crippen LogP contribution in [-0.2, 0) is 27.9 Å². The molecule has 0 aromatic rings. The highest BCUT2D eigenvalue weighted by atomic mass is 31.2. The molecular weight excluding hydrogens is 709 g/mol. The summed E-state index contributed by atoms with van der Waals surface area (Å²) >= 11 is 0. The molecule has 0 bridgehead atoms. The molecule has 0 aliphatic carbocycles. The van der Waals surface area contributed by atoms with Crippen molar-refractivity contribution in [2.75, 3.05) is 33.0 Å². The largest absolute Gasteiger partial charge is 0.472 e. The molecule has 0 amide bonds. The number of hydrogen-bond acceptors (Lipinski definition) is 7. The van der Waals surface area contributed by atoms with Crippen molar-refractivity contribution in [2.24, 2.45) is 5.73 Å². The summed E-state index contributed by atoms with van der Waals surface area (Å²) in [6, 6.07) is 0. The number of ether oxygens (including phenoxy) is 2. The normalized spacial score (nSPS) is 14.0. The summed E-state index contributed by atoms with van der Waals surface area (Å²) in [6.45, 7) is 4.77. The maximum Gasteiger partial charge on any atom is 0.472 e. The maximum absolute atomic E-state index is 12.6. The van der Waals surface area contributed by atoms with E-state index in [0.717, 1.165) is 64.2 Å². The lowest BCUT2D eigenvalue weighted by Gasteiger charge is -2.20. The number of phosphoric ester groups is 1. The summed E-state index contributed by atoms with van der Waals surface area (Å²) < 4.78 is 33.5. The van der Waals surface area contributed by atoms with Crippen molar-refractivity contribution < 1.29 is 32.8 Å². The number of carbonyl (C=O) groups excluding carboxylic acids is 1. The van der Waals surface area contributed by atoms with Crippen molar-refractivity contribution in [2.45, 2.75) is 193 Å². The first-order valence-corrected chi connectivity index (χ1v) is 23.8. The fourth-order valence-corrected chi connectivity index (χ4v) is 6.69. The molecule has 0 spiro atoms. The van der Waals surface area contributed by atoms with Gasteiger partial charge in [-0.3, -0.25) is 13.8 Å². The Morgan fingerprint density at radius 3 is 1.53 bits per heavy atom. The van der Waals surface area contributed by atoms with Gasteiger partial charge in [0.15, 0.2) is 0 Å². The third-order valence-electron chi connectivity index (χ3n) is 9.17. The maximum atomic E-state index is 12.6. The van der Waals surface area contributed by atoms with Crippen molar-refractivity contribution in [3.05, 3.63) is 60.8 Å². The Kier molecular flexibility index (Phi) is 41.9. The number of hydrogen-bond donors (Lipinski definition) is 2. The molecule has 0 saturated carbocycles. The zero-order valence-corrected chi connectivity index (χ0v) is 36.3. The molecule has 0 aromatic carbocycles. The summed E-state index contributed by atoms with van der Waals surface area (Å²) in [5, 5.41) is 0. The van der Waals surface area contributed by atoms with E-state index in [1.165, 1.54) is 103 Å². The minimum Gasteiger partial charge on any atom is -0.457 e. The fourth-order valence-electron chi connectivity index (χ4n) is 5.92. The molecule has 2 atom stereocenters. The van der Waals surface area contributed by atoms with Crippen molar-refractivity contribution in [3.8, 4) is 0 Å². The van der Waals surface area contributed by atoms with Crippen molar-refractivity contribution in [3.63, 3.8) is 0 Å². The summed E-state index contributed by atoms with van der Waals surface area (Å²) in [5.41, 5.74) is 5.37. The molecule has 0 saturated heterocycles. The fraction of sp³-hybridized carbons (Fsp3) is 0.761. The van der Waals surface area contributed by atoms with E-state index < -0.39 is 13.9 Å². The van der Waals surface area contributed by atoms with E-state index in [1.54, 1.807) is 0 Å². The van der Waals surface area contributed by atoms with Crippen molar-refractivity contribution in [1.29, 1.82) is 0 Å². The van der Waals surface area contributed by atoms with Crippen LogP contribution >= 0.6 is 7.82 Å². The lowest BCUT2D eigenvalue weighted by atomic mass is 10.1. The number of phosphoric acid groups is 1. The number of esters is 1. The average molecular weight is 794 g/mol. The number of rotatable bonds is 42. The number of unbranched alkanes of at least 4 members (excludes halogenated alkanes) is 19. The smallest absolute Gasteiger partial charge is 0.457 e. The van der Waals surface area contributed by atoms with Crippen LogP contribution in [0, 0.1) is 0 Å². The molecule has 0 aliphatic rings. The number of carbonyl (C=O) groups is 1. The first-order valence-electron chi connectivity index (χ1n) is 22.3. The SMILES string of the molecule is CC/C=C\C/C=C\C/C=C\CCCCCCCCCC(=O)OC(COCCCCCCCCCC/C=C\C/C=C\CCCCCC)COP(=O)(O)OCCN. The first kappa shape index (κ1) is 53.2. The third kappa shape index (κ3) is 43.2. The van der Waals surface area contributed by atoms with Crippen LogP contribution in [0.3, 0.4) is 0 Å². The van der Waals surface area contributed by atoms with Gasteiger partial charge in [0.2, 0.25) is 0 Å². The minimum atomic E-state index is -4.28.